The number of aromatic nitrogens is 3. The number of para-hydroxylation sites is 3. The zero-order valence-corrected chi connectivity index (χ0v) is 22.2. The van der Waals surface area contributed by atoms with E-state index >= 15 is 0 Å². The van der Waals surface area contributed by atoms with E-state index < -0.39 is 0 Å². The number of fused-ring (bicyclic) bond motifs is 5. The third-order valence-corrected chi connectivity index (χ3v) is 9.38. The molecular formula is C33H26N4S. The van der Waals surface area contributed by atoms with Crippen molar-refractivity contribution in [3.8, 4) is 5.00 Å². The maximum Gasteiger partial charge on any atom is 0.131 e. The third-order valence-electron chi connectivity index (χ3n) is 8.24. The minimum atomic E-state index is -0.0262. The van der Waals surface area contributed by atoms with Crippen LogP contribution in [0, 0.1) is 0 Å². The van der Waals surface area contributed by atoms with Crippen LogP contribution in [0.3, 0.4) is 0 Å². The summed E-state index contributed by atoms with van der Waals surface area (Å²) in [4.78, 5) is 12.3. The highest BCUT2D eigenvalue weighted by molar-refractivity contribution is 7.20. The zero-order chi connectivity index (χ0) is 25.4. The van der Waals surface area contributed by atoms with Gasteiger partial charge >= 0.3 is 0 Å². The first-order valence-electron chi connectivity index (χ1n) is 13.2. The van der Waals surface area contributed by atoms with Crippen LogP contribution in [0.2, 0.25) is 0 Å². The Balaban J connectivity index is 1.47. The highest BCUT2D eigenvalue weighted by Crippen LogP contribution is 2.54. The first-order valence-corrected chi connectivity index (χ1v) is 14.0. The molecule has 6 aromatic rings. The molecule has 3 aromatic carbocycles. The number of allylic oxidation sites excluding steroid dienone is 3. The zero-order valence-electron chi connectivity index (χ0n) is 21.3. The van der Waals surface area contributed by atoms with E-state index in [1.54, 1.807) is 11.3 Å². The Morgan fingerprint density at radius 3 is 2.13 bits per heavy atom. The molecule has 5 heteroatoms. The molecule has 1 aliphatic carbocycles. The lowest BCUT2D eigenvalue weighted by Gasteiger charge is -2.43. The average Bonchev–Trinajstić information content (AvgIpc) is 3.49. The molecule has 1 aliphatic heterocycles. The van der Waals surface area contributed by atoms with Gasteiger partial charge in [0.2, 0.25) is 0 Å². The van der Waals surface area contributed by atoms with Crippen molar-refractivity contribution in [3.05, 3.63) is 114 Å². The lowest BCUT2D eigenvalue weighted by molar-refractivity contribution is 0.571. The molecule has 0 radical (unpaired) electrons. The molecular weight excluding hydrogens is 484 g/mol. The van der Waals surface area contributed by atoms with Gasteiger partial charge in [-0.3, -0.25) is 9.47 Å². The topological polar surface area (TPSA) is 34.0 Å². The van der Waals surface area contributed by atoms with Gasteiger partial charge in [-0.2, -0.15) is 0 Å². The van der Waals surface area contributed by atoms with Crippen molar-refractivity contribution in [1.29, 1.82) is 0 Å². The lowest BCUT2D eigenvalue weighted by atomic mass is 9.70. The fourth-order valence-electron chi connectivity index (χ4n) is 6.49. The summed E-state index contributed by atoms with van der Waals surface area (Å²) in [6, 6.07) is 26.2. The first kappa shape index (κ1) is 21.8. The summed E-state index contributed by atoms with van der Waals surface area (Å²) < 4.78 is 2.38. The number of thiophene rings is 1. The van der Waals surface area contributed by atoms with Gasteiger partial charge in [0.25, 0.3) is 0 Å². The van der Waals surface area contributed by atoms with Crippen LogP contribution >= 0.6 is 11.3 Å². The first-order chi connectivity index (χ1) is 18.6. The number of rotatable bonds is 2. The van der Waals surface area contributed by atoms with Gasteiger partial charge in [0, 0.05) is 34.3 Å². The molecule has 38 heavy (non-hydrogen) atoms. The summed E-state index contributed by atoms with van der Waals surface area (Å²) in [7, 11) is 0. The van der Waals surface area contributed by atoms with Gasteiger partial charge in [0.15, 0.2) is 0 Å². The molecule has 0 unspecified atom stereocenters. The van der Waals surface area contributed by atoms with Gasteiger partial charge in [-0.05, 0) is 48.3 Å². The van der Waals surface area contributed by atoms with Gasteiger partial charge in [-0.1, -0.05) is 85.9 Å². The van der Waals surface area contributed by atoms with Crippen molar-refractivity contribution in [1.82, 2.24) is 14.5 Å². The second-order valence-electron chi connectivity index (χ2n) is 10.6. The Kier molecular flexibility index (Phi) is 4.53. The minimum Gasteiger partial charge on any atom is -0.300 e. The molecule has 0 bridgehead atoms. The Bertz CT molecular complexity index is 1920. The monoisotopic (exact) mass is 510 g/mol. The maximum atomic E-state index is 4.94. The van der Waals surface area contributed by atoms with E-state index in [1.165, 1.54) is 44.3 Å². The number of hydrogen-bond acceptors (Lipinski definition) is 4. The second-order valence-corrected chi connectivity index (χ2v) is 11.6. The van der Waals surface area contributed by atoms with E-state index in [0.717, 1.165) is 33.9 Å². The van der Waals surface area contributed by atoms with Gasteiger partial charge in [-0.25, -0.2) is 9.97 Å². The quantitative estimate of drug-likeness (QED) is 0.233. The Hall–Kier alpha value is -4.22. The van der Waals surface area contributed by atoms with Crippen LogP contribution in [-0.4, -0.2) is 14.5 Å². The van der Waals surface area contributed by atoms with Crippen LogP contribution < -0.4 is 4.90 Å². The van der Waals surface area contributed by atoms with Crippen LogP contribution in [0.15, 0.2) is 109 Å². The molecule has 0 atom stereocenters. The Morgan fingerprint density at radius 2 is 1.39 bits per heavy atom. The number of anilines is 2. The highest BCUT2D eigenvalue weighted by atomic mass is 32.1. The Labute approximate surface area is 225 Å². The molecule has 0 fully saturated rings. The molecule has 0 amide bonds. The summed E-state index contributed by atoms with van der Waals surface area (Å²) in [5.74, 6) is 0. The van der Waals surface area contributed by atoms with E-state index in [4.69, 9.17) is 9.97 Å². The summed E-state index contributed by atoms with van der Waals surface area (Å²) in [5.41, 5.74) is 9.58. The summed E-state index contributed by atoms with van der Waals surface area (Å²) in [6.45, 7) is 4.74. The molecule has 4 nitrogen and oxygen atoms in total. The fraction of sp³-hybridized carbons (Fsp3) is 0.152. The molecule has 0 spiro atoms. The van der Waals surface area contributed by atoms with Crippen LogP contribution in [-0.2, 0) is 5.41 Å². The van der Waals surface area contributed by atoms with Crippen molar-refractivity contribution in [3.63, 3.8) is 0 Å². The van der Waals surface area contributed by atoms with Crippen molar-refractivity contribution in [2.45, 2.75) is 32.1 Å². The summed E-state index contributed by atoms with van der Waals surface area (Å²) >= 11 is 1.78. The molecule has 2 aliphatic rings. The van der Waals surface area contributed by atoms with E-state index in [2.05, 4.69) is 108 Å². The van der Waals surface area contributed by atoms with E-state index in [9.17, 15) is 0 Å². The van der Waals surface area contributed by atoms with Crippen LogP contribution in [0.5, 0.6) is 0 Å². The largest absolute Gasteiger partial charge is 0.300 e. The molecule has 0 saturated carbocycles. The summed E-state index contributed by atoms with van der Waals surface area (Å²) in [5, 5.41) is 4.72. The number of nitrogens with zero attached hydrogens (tertiary/aromatic N) is 4. The highest BCUT2D eigenvalue weighted by Gasteiger charge is 2.39. The molecule has 8 rings (SSSR count). The van der Waals surface area contributed by atoms with Gasteiger partial charge in [0.05, 0.1) is 16.7 Å². The van der Waals surface area contributed by atoms with Gasteiger partial charge < -0.3 is 0 Å². The molecule has 4 heterocycles. The SMILES string of the molecule is CC1(C)C2=C(C=CCC2)N(c2sc(-n3c4ccccc4c4ccccc43)c3nccnc23)c2ccccc21. The number of hydrogen-bond donors (Lipinski definition) is 0. The maximum absolute atomic E-state index is 4.94. The smallest absolute Gasteiger partial charge is 0.131 e. The average molecular weight is 511 g/mol. The molecule has 3 aromatic heterocycles. The van der Waals surface area contributed by atoms with Crippen LogP contribution in [0.1, 0.15) is 32.3 Å². The standard InChI is InChI=1S/C33H26N4S/c1-33(2)23-13-5-9-17-27(23)37(28-18-10-6-14-24(28)33)32-30-29(34-19-20-35-30)31(38-32)36-25-15-7-3-11-21(25)22-12-4-8-16-26(22)36/h3-5,7-13,15-20H,6,14H2,1-2H3. The minimum absolute atomic E-state index is 0.0262. The molecule has 0 N–H and O–H groups in total. The predicted molar refractivity (Wildman–Crippen MR) is 159 cm³/mol. The normalized spacial score (nSPS) is 16.4. The second kappa shape index (κ2) is 7.89. The van der Waals surface area contributed by atoms with Crippen molar-refractivity contribution in [2.24, 2.45) is 0 Å². The molecule has 184 valence electrons. The van der Waals surface area contributed by atoms with Crippen molar-refractivity contribution >= 4 is 54.9 Å². The van der Waals surface area contributed by atoms with Crippen LogP contribution in [0.25, 0.3) is 37.8 Å². The Morgan fingerprint density at radius 1 is 0.763 bits per heavy atom. The van der Waals surface area contributed by atoms with Crippen molar-refractivity contribution in [2.75, 3.05) is 4.90 Å². The van der Waals surface area contributed by atoms with E-state index in [1.807, 2.05) is 12.4 Å². The molecule has 0 saturated heterocycles. The van der Waals surface area contributed by atoms with Gasteiger partial charge in [0.1, 0.15) is 21.0 Å². The predicted octanol–water partition coefficient (Wildman–Crippen LogP) is 8.82. The van der Waals surface area contributed by atoms with Crippen molar-refractivity contribution < 1.29 is 0 Å². The summed E-state index contributed by atoms with van der Waals surface area (Å²) in [6.07, 6.45) is 10.4. The number of benzene rings is 3. The lowest BCUT2D eigenvalue weighted by Crippen LogP contribution is -2.34. The van der Waals surface area contributed by atoms with Gasteiger partial charge in [-0.15, -0.1) is 0 Å². The van der Waals surface area contributed by atoms with Crippen LogP contribution in [0.4, 0.5) is 10.7 Å². The third kappa shape index (κ3) is 2.85. The van der Waals surface area contributed by atoms with E-state index in [-0.39, 0.29) is 5.41 Å². The fourth-order valence-corrected chi connectivity index (χ4v) is 7.74. The van der Waals surface area contributed by atoms with E-state index in [0.29, 0.717) is 0 Å².